The maximum Gasteiger partial charge on any atom is 0.338 e. The number of ether oxygens (including phenoxy) is 3. The normalized spacial score (nSPS) is 13.7. The van der Waals surface area contributed by atoms with Gasteiger partial charge in [-0.1, -0.05) is 29.8 Å². The van der Waals surface area contributed by atoms with Gasteiger partial charge in [-0.2, -0.15) is 0 Å². The van der Waals surface area contributed by atoms with Crippen LogP contribution in [0.1, 0.15) is 22.8 Å². The van der Waals surface area contributed by atoms with Gasteiger partial charge in [0.1, 0.15) is 18.8 Å². The summed E-state index contributed by atoms with van der Waals surface area (Å²) in [6, 6.07) is 6.59. The highest BCUT2D eigenvalue weighted by Gasteiger charge is 2.41. The molecule has 1 amide bonds. The van der Waals surface area contributed by atoms with Gasteiger partial charge in [-0.25, -0.2) is 4.79 Å². The molecule has 7 nitrogen and oxygen atoms in total. The molecule has 0 radical (unpaired) electrons. The molecule has 1 heterocycles. The lowest BCUT2D eigenvalue weighted by atomic mass is 9.97. The minimum absolute atomic E-state index is 0.0421. The van der Waals surface area contributed by atoms with Gasteiger partial charge in [0.15, 0.2) is 0 Å². The number of nitrogens with zero attached hydrogens (tertiary/aromatic N) is 1. The minimum Gasteiger partial charge on any atom is -0.482 e. The Hall–Kier alpha value is -2.80. The number of esters is 2. The molecule has 1 aromatic carbocycles. The molecule has 0 fully saturated rings. The fourth-order valence-corrected chi connectivity index (χ4v) is 2.50. The van der Waals surface area contributed by atoms with Gasteiger partial charge in [-0.3, -0.25) is 14.5 Å². The van der Waals surface area contributed by atoms with E-state index >= 15 is 0 Å². The zero-order valence-corrected chi connectivity index (χ0v) is 15.1. The second-order valence-electron chi connectivity index (χ2n) is 5.08. The van der Waals surface area contributed by atoms with Crippen LogP contribution in [0.15, 0.2) is 41.6 Å². The molecule has 0 aromatic heterocycles. The summed E-state index contributed by atoms with van der Waals surface area (Å²) in [5.74, 6) is -1.56. The van der Waals surface area contributed by atoms with Crippen LogP contribution in [0, 0.1) is 0 Å². The Bertz CT molecular complexity index is 771. The highest BCUT2D eigenvalue weighted by molar-refractivity contribution is 6.25. The van der Waals surface area contributed by atoms with E-state index in [1.807, 2.05) is 0 Å². The maximum atomic E-state index is 12.4. The Morgan fingerprint density at radius 1 is 1.27 bits per heavy atom. The first-order chi connectivity index (χ1) is 12.5. The Morgan fingerprint density at radius 3 is 2.65 bits per heavy atom. The minimum atomic E-state index is -0.566. The molecule has 1 aliphatic heterocycles. The van der Waals surface area contributed by atoms with Crippen LogP contribution in [0.5, 0.6) is 0 Å². The number of rotatable bonds is 8. The van der Waals surface area contributed by atoms with E-state index in [-0.39, 0.29) is 31.1 Å². The van der Waals surface area contributed by atoms with Crippen LogP contribution >= 0.6 is 11.6 Å². The topological polar surface area (TPSA) is 82.1 Å². The van der Waals surface area contributed by atoms with Crippen LogP contribution in [0.2, 0.25) is 0 Å². The third-order valence-electron chi connectivity index (χ3n) is 3.52. The van der Waals surface area contributed by atoms with Crippen LogP contribution in [-0.4, -0.2) is 49.6 Å². The average molecular weight is 380 g/mol. The van der Waals surface area contributed by atoms with E-state index in [2.05, 4.69) is 0 Å². The van der Waals surface area contributed by atoms with E-state index in [1.165, 1.54) is 23.6 Å². The smallest absolute Gasteiger partial charge is 0.338 e. The van der Waals surface area contributed by atoms with Crippen molar-refractivity contribution >= 4 is 35.1 Å². The van der Waals surface area contributed by atoms with Gasteiger partial charge in [0.2, 0.25) is 5.76 Å². The Labute approximate surface area is 155 Å². The standard InChI is InChI=1S/C18H18ClNO6/c1-3-25-14(21)11-20-15(16(17(20)22)26-10-6-9-19)12-7-4-5-8-13(12)18(23)24-2/h4-9H,3,10-11H2,1-2H3/b9-6+. The van der Waals surface area contributed by atoms with Gasteiger partial charge >= 0.3 is 11.9 Å². The predicted octanol–water partition coefficient (Wildman–Crippen LogP) is 2.32. The first-order valence-electron chi connectivity index (χ1n) is 7.82. The van der Waals surface area contributed by atoms with Crippen molar-refractivity contribution in [3.63, 3.8) is 0 Å². The SMILES string of the molecule is CCOC(=O)CN1C(=O)C(OC/C=C/Cl)=C1c1ccccc1C(=O)OC. The number of hydrogen-bond donors (Lipinski definition) is 0. The van der Waals surface area contributed by atoms with Crippen molar-refractivity contribution < 1.29 is 28.6 Å². The molecule has 26 heavy (non-hydrogen) atoms. The Kier molecular flexibility index (Phi) is 6.80. The van der Waals surface area contributed by atoms with Crippen molar-refractivity contribution in [2.75, 3.05) is 26.9 Å². The molecular weight excluding hydrogens is 362 g/mol. The zero-order valence-electron chi connectivity index (χ0n) is 14.4. The number of benzene rings is 1. The van der Waals surface area contributed by atoms with Gasteiger partial charge in [0, 0.05) is 11.1 Å². The summed E-state index contributed by atoms with van der Waals surface area (Å²) >= 11 is 5.46. The van der Waals surface area contributed by atoms with Crippen molar-refractivity contribution in [3.05, 3.63) is 52.8 Å². The van der Waals surface area contributed by atoms with Crippen LogP contribution in [0.3, 0.4) is 0 Å². The quantitative estimate of drug-likeness (QED) is 0.645. The summed E-state index contributed by atoms with van der Waals surface area (Å²) in [6.45, 7) is 1.66. The first kappa shape index (κ1) is 19.5. The van der Waals surface area contributed by atoms with Crippen molar-refractivity contribution in [2.24, 2.45) is 0 Å². The number of halogens is 1. The Balaban J connectivity index is 2.44. The summed E-state index contributed by atoms with van der Waals surface area (Å²) in [4.78, 5) is 37.5. The lowest BCUT2D eigenvalue weighted by Crippen LogP contribution is -2.45. The van der Waals surface area contributed by atoms with Crippen molar-refractivity contribution in [2.45, 2.75) is 6.92 Å². The van der Waals surface area contributed by atoms with Crippen LogP contribution in [0.25, 0.3) is 5.70 Å². The van der Waals surface area contributed by atoms with Crippen molar-refractivity contribution in [1.29, 1.82) is 0 Å². The zero-order chi connectivity index (χ0) is 19.1. The lowest BCUT2D eigenvalue weighted by molar-refractivity contribution is -0.148. The summed E-state index contributed by atoms with van der Waals surface area (Å²) in [5.41, 5.74) is 2.27. The lowest BCUT2D eigenvalue weighted by Gasteiger charge is -2.35. The Morgan fingerprint density at radius 2 is 2.00 bits per heavy atom. The van der Waals surface area contributed by atoms with E-state index in [4.69, 9.17) is 25.8 Å². The van der Waals surface area contributed by atoms with E-state index in [0.29, 0.717) is 11.3 Å². The van der Waals surface area contributed by atoms with E-state index < -0.39 is 17.8 Å². The van der Waals surface area contributed by atoms with E-state index in [9.17, 15) is 14.4 Å². The molecule has 0 spiro atoms. The maximum absolute atomic E-state index is 12.4. The number of carbonyl (C=O) groups excluding carboxylic acids is 3. The van der Waals surface area contributed by atoms with E-state index in [0.717, 1.165) is 0 Å². The molecule has 0 bridgehead atoms. The second kappa shape index (κ2) is 9.05. The number of hydrogen-bond acceptors (Lipinski definition) is 6. The number of amides is 1. The molecule has 0 saturated carbocycles. The summed E-state index contributed by atoms with van der Waals surface area (Å²) in [7, 11) is 1.26. The highest BCUT2D eigenvalue weighted by atomic mass is 35.5. The fraction of sp³-hybridized carbons (Fsp3) is 0.278. The van der Waals surface area contributed by atoms with Gasteiger partial charge in [-0.15, -0.1) is 0 Å². The third-order valence-corrected chi connectivity index (χ3v) is 3.70. The fourth-order valence-electron chi connectivity index (χ4n) is 2.42. The molecule has 138 valence electrons. The molecule has 1 aliphatic rings. The van der Waals surface area contributed by atoms with Gasteiger partial charge < -0.3 is 14.2 Å². The molecule has 0 atom stereocenters. The van der Waals surface area contributed by atoms with Crippen LogP contribution in [-0.2, 0) is 23.8 Å². The molecule has 1 aromatic rings. The molecule has 8 heteroatoms. The monoisotopic (exact) mass is 379 g/mol. The molecule has 0 aliphatic carbocycles. The summed E-state index contributed by atoms with van der Waals surface area (Å²) < 4.78 is 15.1. The average Bonchev–Trinajstić information content (AvgIpc) is 2.65. The second-order valence-corrected chi connectivity index (χ2v) is 5.34. The van der Waals surface area contributed by atoms with E-state index in [1.54, 1.807) is 31.2 Å². The summed E-state index contributed by atoms with van der Waals surface area (Å²) in [5, 5.41) is 0. The van der Waals surface area contributed by atoms with Crippen LogP contribution < -0.4 is 0 Å². The van der Waals surface area contributed by atoms with Crippen molar-refractivity contribution in [1.82, 2.24) is 4.90 Å². The van der Waals surface area contributed by atoms with Crippen LogP contribution in [0.4, 0.5) is 0 Å². The largest absolute Gasteiger partial charge is 0.482 e. The molecular formula is C18H18ClNO6. The highest BCUT2D eigenvalue weighted by Crippen LogP contribution is 2.36. The first-order valence-corrected chi connectivity index (χ1v) is 8.26. The number of methoxy groups -OCH3 is 1. The number of carbonyl (C=O) groups is 3. The third kappa shape index (κ3) is 4.05. The van der Waals surface area contributed by atoms with Crippen molar-refractivity contribution in [3.8, 4) is 0 Å². The van der Waals surface area contributed by atoms with Gasteiger partial charge in [-0.05, 0) is 19.1 Å². The summed E-state index contributed by atoms with van der Waals surface area (Å²) in [6.07, 6.45) is 1.51. The predicted molar refractivity (Wildman–Crippen MR) is 94.0 cm³/mol. The molecule has 0 saturated heterocycles. The molecule has 0 unspecified atom stereocenters. The molecule has 2 rings (SSSR count). The van der Waals surface area contributed by atoms with Gasteiger partial charge in [0.05, 0.1) is 19.3 Å². The van der Waals surface area contributed by atoms with Gasteiger partial charge in [0.25, 0.3) is 5.91 Å². The molecule has 0 N–H and O–H groups in total.